The first kappa shape index (κ1) is 16.6. The molecule has 0 aliphatic rings. The lowest BCUT2D eigenvalue weighted by atomic mass is 10.2. The van der Waals surface area contributed by atoms with E-state index >= 15 is 0 Å². The van der Waals surface area contributed by atoms with Gasteiger partial charge in [-0.25, -0.2) is 4.39 Å². The lowest BCUT2D eigenvalue weighted by Crippen LogP contribution is -2.36. The summed E-state index contributed by atoms with van der Waals surface area (Å²) >= 11 is 3.12. The van der Waals surface area contributed by atoms with Gasteiger partial charge in [0.1, 0.15) is 18.0 Å². The quantitative estimate of drug-likeness (QED) is 0.791. The summed E-state index contributed by atoms with van der Waals surface area (Å²) in [6.07, 6.45) is 0. The van der Waals surface area contributed by atoms with Crippen LogP contribution in [0.3, 0.4) is 0 Å². The summed E-state index contributed by atoms with van der Waals surface area (Å²) in [5.41, 5.74) is -0.705. The number of amides is 1. The summed E-state index contributed by atoms with van der Waals surface area (Å²) in [6.45, 7) is 4.98. The zero-order chi connectivity index (χ0) is 15.5. The average Bonchev–Trinajstić information content (AvgIpc) is 2.25. The van der Waals surface area contributed by atoms with Gasteiger partial charge in [-0.2, -0.15) is 0 Å². The molecule has 0 saturated heterocycles. The van der Waals surface area contributed by atoms with Crippen LogP contribution in [-0.2, 0) is 9.53 Å². The van der Waals surface area contributed by atoms with Gasteiger partial charge in [0, 0.05) is 11.5 Å². The van der Waals surface area contributed by atoms with E-state index in [1.54, 1.807) is 26.8 Å². The Morgan fingerprint density at radius 2 is 1.95 bits per heavy atom. The fourth-order valence-electron chi connectivity index (χ4n) is 1.51. The van der Waals surface area contributed by atoms with Gasteiger partial charge in [-0.05, 0) is 39.0 Å². The molecule has 0 saturated carbocycles. The molecule has 1 amide bonds. The Kier molecular flexibility index (Phi) is 5.28. The van der Waals surface area contributed by atoms with E-state index < -0.39 is 23.3 Å². The number of hydrogen-bond donors (Lipinski definition) is 0. The predicted octanol–water partition coefficient (Wildman–Crippen LogP) is 3.00. The van der Waals surface area contributed by atoms with Gasteiger partial charge in [-0.15, -0.1) is 0 Å². The van der Waals surface area contributed by atoms with Gasteiger partial charge in [0.05, 0.1) is 5.56 Å². The molecular formula is C14H17BrFNO3. The third-order valence-corrected chi connectivity index (χ3v) is 2.79. The first-order valence-electron chi connectivity index (χ1n) is 6.02. The first-order valence-corrected chi connectivity index (χ1v) is 6.82. The van der Waals surface area contributed by atoms with E-state index in [1.165, 1.54) is 19.2 Å². The zero-order valence-electron chi connectivity index (χ0n) is 11.9. The van der Waals surface area contributed by atoms with Crippen molar-refractivity contribution >= 4 is 27.8 Å². The molecule has 6 heteroatoms. The molecule has 1 aromatic carbocycles. The van der Waals surface area contributed by atoms with Gasteiger partial charge in [-0.1, -0.05) is 15.9 Å². The van der Waals surface area contributed by atoms with Crippen molar-refractivity contribution in [3.8, 4) is 0 Å². The zero-order valence-corrected chi connectivity index (χ0v) is 13.5. The molecule has 0 aliphatic carbocycles. The van der Waals surface area contributed by atoms with E-state index in [0.29, 0.717) is 4.47 Å². The maximum atomic E-state index is 13.7. The maximum absolute atomic E-state index is 13.7. The van der Waals surface area contributed by atoms with Crippen LogP contribution in [0.15, 0.2) is 22.7 Å². The molecule has 0 N–H and O–H groups in total. The minimum absolute atomic E-state index is 0.0840. The molecule has 0 bridgehead atoms. The number of rotatable bonds is 3. The number of ether oxygens (including phenoxy) is 1. The van der Waals surface area contributed by atoms with E-state index in [2.05, 4.69) is 15.9 Å². The fourth-order valence-corrected chi connectivity index (χ4v) is 1.84. The molecule has 0 spiro atoms. The Labute approximate surface area is 126 Å². The summed E-state index contributed by atoms with van der Waals surface area (Å²) in [4.78, 5) is 24.8. The van der Waals surface area contributed by atoms with Crippen LogP contribution in [-0.4, -0.2) is 36.0 Å². The Morgan fingerprint density at radius 1 is 1.35 bits per heavy atom. The van der Waals surface area contributed by atoms with Crippen molar-refractivity contribution in [2.24, 2.45) is 0 Å². The molecule has 110 valence electrons. The van der Waals surface area contributed by atoms with Crippen molar-refractivity contribution < 1.29 is 18.7 Å². The Bertz CT molecular complexity index is 526. The molecule has 20 heavy (non-hydrogen) atoms. The first-order chi connectivity index (χ1) is 9.10. The van der Waals surface area contributed by atoms with E-state index in [1.807, 2.05) is 0 Å². The van der Waals surface area contributed by atoms with Crippen LogP contribution in [0.2, 0.25) is 0 Å². The van der Waals surface area contributed by atoms with E-state index in [0.717, 1.165) is 4.90 Å². The smallest absolute Gasteiger partial charge is 0.326 e. The molecular weight excluding hydrogens is 329 g/mol. The highest BCUT2D eigenvalue weighted by molar-refractivity contribution is 9.10. The predicted molar refractivity (Wildman–Crippen MR) is 76.9 cm³/mol. The summed E-state index contributed by atoms with van der Waals surface area (Å²) in [5.74, 6) is -1.74. The Balaban J connectivity index is 2.75. The largest absolute Gasteiger partial charge is 0.459 e. The highest BCUT2D eigenvalue weighted by Gasteiger charge is 2.22. The third-order valence-electron chi connectivity index (χ3n) is 2.29. The number of likely N-dealkylation sites (N-methyl/N-ethyl adjacent to an activating group) is 1. The van der Waals surface area contributed by atoms with Gasteiger partial charge < -0.3 is 9.64 Å². The number of halogens is 2. The summed E-state index contributed by atoms with van der Waals surface area (Å²) in [5, 5.41) is 0. The molecule has 4 nitrogen and oxygen atoms in total. The topological polar surface area (TPSA) is 46.6 Å². The molecule has 0 aliphatic heterocycles. The highest BCUT2D eigenvalue weighted by Crippen LogP contribution is 2.16. The standard InChI is InChI=1S/C14H17BrFNO3/c1-14(2,3)20-12(18)8-17(4)13(19)10-6-5-9(15)7-11(10)16/h5-7H,8H2,1-4H3. The maximum Gasteiger partial charge on any atom is 0.326 e. The summed E-state index contributed by atoms with van der Waals surface area (Å²) < 4.78 is 19.3. The van der Waals surface area contributed by atoms with Crippen molar-refractivity contribution in [3.05, 3.63) is 34.1 Å². The molecule has 0 unspecified atom stereocenters. The van der Waals surface area contributed by atoms with Crippen LogP contribution in [0.1, 0.15) is 31.1 Å². The highest BCUT2D eigenvalue weighted by atomic mass is 79.9. The SMILES string of the molecule is CN(CC(=O)OC(C)(C)C)C(=O)c1ccc(Br)cc1F. The average molecular weight is 346 g/mol. The third kappa shape index (κ3) is 4.92. The van der Waals surface area contributed by atoms with Crippen LogP contribution in [0, 0.1) is 5.82 Å². The van der Waals surface area contributed by atoms with Crippen molar-refractivity contribution in [2.45, 2.75) is 26.4 Å². The van der Waals surface area contributed by atoms with Gasteiger partial charge in [-0.3, -0.25) is 9.59 Å². The van der Waals surface area contributed by atoms with Crippen LogP contribution in [0.4, 0.5) is 4.39 Å². The second-order valence-electron chi connectivity index (χ2n) is 5.37. The summed E-state index contributed by atoms with van der Waals surface area (Å²) in [7, 11) is 1.42. The number of carbonyl (C=O) groups is 2. The van der Waals surface area contributed by atoms with Gasteiger partial charge in [0.25, 0.3) is 5.91 Å². The second-order valence-corrected chi connectivity index (χ2v) is 6.29. The minimum atomic E-state index is -0.639. The molecule has 0 fully saturated rings. The molecule has 0 atom stereocenters. The van der Waals surface area contributed by atoms with Crippen LogP contribution >= 0.6 is 15.9 Å². The van der Waals surface area contributed by atoms with Gasteiger partial charge in [0.2, 0.25) is 0 Å². The van der Waals surface area contributed by atoms with E-state index in [-0.39, 0.29) is 12.1 Å². The number of carbonyl (C=O) groups excluding carboxylic acids is 2. The molecule has 1 aromatic rings. The van der Waals surface area contributed by atoms with E-state index in [9.17, 15) is 14.0 Å². The number of hydrogen-bond acceptors (Lipinski definition) is 3. The van der Waals surface area contributed by atoms with E-state index in [4.69, 9.17) is 4.74 Å². The lowest BCUT2D eigenvalue weighted by molar-refractivity contribution is -0.155. The van der Waals surface area contributed by atoms with Crippen molar-refractivity contribution in [1.82, 2.24) is 4.90 Å². The monoisotopic (exact) mass is 345 g/mol. The van der Waals surface area contributed by atoms with Crippen LogP contribution in [0.25, 0.3) is 0 Å². The fraction of sp³-hybridized carbons (Fsp3) is 0.429. The molecule has 1 rings (SSSR count). The number of nitrogens with zero attached hydrogens (tertiary/aromatic N) is 1. The van der Waals surface area contributed by atoms with Crippen LogP contribution < -0.4 is 0 Å². The second kappa shape index (κ2) is 6.35. The van der Waals surface area contributed by atoms with Crippen molar-refractivity contribution in [3.63, 3.8) is 0 Å². The minimum Gasteiger partial charge on any atom is -0.459 e. The Hall–Kier alpha value is -1.43. The van der Waals surface area contributed by atoms with Crippen molar-refractivity contribution in [1.29, 1.82) is 0 Å². The van der Waals surface area contributed by atoms with Gasteiger partial charge in [0.15, 0.2) is 0 Å². The number of esters is 1. The van der Waals surface area contributed by atoms with Crippen molar-refractivity contribution in [2.75, 3.05) is 13.6 Å². The van der Waals surface area contributed by atoms with Crippen LogP contribution in [0.5, 0.6) is 0 Å². The Morgan fingerprint density at radius 3 is 2.45 bits per heavy atom. The molecule has 0 aromatic heterocycles. The number of benzene rings is 1. The lowest BCUT2D eigenvalue weighted by Gasteiger charge is -2.22. The summed E-state index contributed by atoms with van der Waals surface area (Å²) in [6, 6.07) is 4.14. The normalized spacial score (nSPS) is 11.1. The molecule has 0 heterocycles. The molecule has 0 radical (unpaired) electrons. The van der Waals surface area contributed by atoms with Gasteiger partial charge >= 0.3 is 5.97 Å².